The number of ether oxygens (including phenoxy) is 1. The largest absolute Gasteiger partial charge is 0.469 e. The second-order valence-corrected chi connectivity index (χ2v) is 8.16. The molecule has 1 aliphatic heterocycles. The van der Waals surface area contributed by atoms with Crippen molar-refractivity contribution in [1.29, 1.82) is 0 Å². The fourth-order valence-corrected chi connectivity index (χ4v) is 3.74. The summed E-state index contributed by atoms with van der Waals surface area (Å²) < 4.78 is 4.90. The first-order valence-electron chi connectivity index (χ1n) is 8.24. The number of aliphatic imine (C=N–C) groups is 1. The van der Waals surface area contributed by atoms with Crippen molar-refractivity contribution in [3.8, 4) is 0 Å². The fraction of sp³-hybridized carbons (Fsp3) is 0.706. The maximum Gasteiger partial charge on any atom is 0.310 e. The van der Waals surface area contributed by atoms with Crippen LogP contribution < -0.4 is 5.32 Å². The Hall–Kier alpha value is -0.900. The van der Waals surface area contributed by atoms with Crippen LogP contribution in [0.4, 0.5) is 0 Å². The molecule has 0 bridgehead atoms. The topological polar surface area (TPSA) is 66.8 Å². The van der Waals surface area contributed by atoms with Gasteiger partial charge in [0.2, 0.25) is 0 Å². The highest BCUT2D eigenvalue weighted by atomic mass is 127. The zero-order valence-electron chi connectivity index (χ0n) is 15.8. The summed E-state index contributed by atoms with van der Waals surface area (Å²) in [4.78, 5) is 23.0. The van der Waals surface area contributed by atoms with Crippen LogP contribution in [-0.2, 0) is 21.5 Å². The lowest BCUT2D eigenvalue weighted by Gasteiger charge is -2.21. The maximum atomic E-state index is 11.8. The number of esters is 1. The Labute approximate surface area is 171 Å². The molecule has 2 unspecified atom stereocenters. The molecule has 1 aromatic rings. The summed E-state index contributed by atoms with van der Waals surface area (Å²) in [5.74, 6) is 0.816. The molecule has 2 rings (SSSR count). The predicted molar refractivity (Wildman–Crippen MR) is 113 cm³/mol. The van der Waals surface area contributed by atoms with Gasteiger partial charge in [0, 0.05) is 30.9 Å². The molecule has 8 heteroatoms. The van der Waals surface area contributed by atoms with Crippen molar-refractivity contribution < 1.29 is 9.53 Å². The second-order valence-electron chi connectivity index (χ2n) is 7.31. The molecule has 1 aromatic heterocycles. The Morgan fingerprint density at radius 3 is 2.68 bits per heavy atom. The highest BCUT2D eigenvalue weighted by molar-refractivity contribution is 14.0. The van der Waals surface area contributed by atoms with Gasteiger partial charge in [-0.05, 0) is 5.92 Å². The number of nitrogens with one attached hydrogen (secondary N) is 1. The first-order chi connectivity index (χ1) is 11.3. The summed E-state index contributed by atoms with van der Waals surface area (Å²) in [5.41, 5.74) is 1.09. The summed E-state index contributed by atoms with van der Waals surface area (Å²) in [5, 5.41) is 6.58. The number of guanidine groups is 1. The van der Waals surface area contributed by atoms with E-state index in [0.717, 1.165) is 23.2 Å². The molecule has 142 valence electrons. The lowest BCUT2D eigenvalue weighted by Crippen LogP contribution is -2.40. The molecule has 0 amide bonds. The van der Waals surface area contributed by atoms with E-state index in [1.807, 2.05) is 0 Å². The van der Waals surface area contributed by atoms with Crippen LogP contribution in [0.5, 0.6) is 0 Å². The smallest absolute Gasteiger partial charge is 0.310 e. The van der Waals surface area contributed by atoms with E-state index in [-0.39, 0.29) is 47.2 Å². The second kappa shape index (κ2) is 9.16. The molecule has 6 nitrogen and oxygen atoms in total. The molecule has 0 aliphatic carbocycles. The van der Waals surface area contributed by atoms with Crippen LogP contribution in [0.1, 0.15) is 38.4 Å². The number of likely N-dealkylation sites (tertiary alicyclic amines) is 1. The van der Waals surface area contributed by atoms with Gasteiger partial charge < -0.3 is 15.0 Å². The molecule has 1 N–H and O–H groups in total. The predicted octanol–water partition coefficient (Wildman–Crippen LogP) is 2.87. The number of carbonyl (C=O) groups excluding carboxylic acids is 1. The molecule has 2 heterocycles. The van der Waals surface area contributed by atoms with Crippen LogP contribution in [0.2, 0.25) is 0 Å². The summed E-state index contributed by atoms with van der Waals surface area (Å²) in [7, 11) is 3.21. The zero-order valence-corrected chi connectivity index (χ0v) is 19.0. The number of halogens is 1. The third-order valence-corrected chi connectivity index (χ3v) is 5.57. The zero-order chi connectivity index (χ0) is 17.9. The number of thiazole rings is 1. The lowest BCUT2D eigenvalue weighted by molar-refractivity contribution is -0.145. The summed E-state index contributed by atoms with van der Waals surface area (Å²) >= 11 is 1.69. The number of hydrogen-bond donors (Lipinski definition) is 1. The average Bonchev–Trinajstić information content (AvgIpc) is 3.14. The molecule has 2 atom stereocenters. The Balaban J connectivity index is 0.00000312. The molecule has 0 spiro atoms. The first-order valence-corrected chi connectivity index (χ1v) is 9.12. The van der Waals surface area contributed by atoms with Gasteiger partial charge in [-0.2, -0.15) is 0 Å². The van der Waals surface area contributed by atoms with Crippen LogP contribution in [0.3, 0.4) is 0 Å². The van der Waals surface area contributed by atoms with Crippen LogP contribution in [0.15, 0.2) is 10.4 Å². The molecule has 0 radical (unpaired) electrons. The monoisotopic (exact) mass is 480 g/mol. The molecule has 1 aliphatic rings. The first kappa shape index (κ1) is 22.1. The van der Waals surface area contributed by atoms with Gasteiger partial charge in [-0.1, -0.05) is 27.7 Å². The van der Waals surface area contributed by atoms with Crippen molar-refractivity contribution in [3.05, 3.63) is 16.1 Å². The quantitative estimate of drug-likeness (QED) is 0.312. The van der Waals surface area contributed by atoms with Gasteiger partial charge in [0.05, 0.1) is 30.3 Å². The average molecular weight is 480 g/mol. The van der Waals surface area contributed by atoms with Gasteiger partial charge in [0.25, 0.3) is 0 Å². The van der Waals surface area contributed by atoms with E-state index in [4.69, 9.17) is 9.72 Å². The van der Waals surface area contributed by atoms with Crippen molar-refractivity contribution in [3.63, 3.8) is 0 Å². The highest BCUT2D eigenvalue weighted by Crippen LogP contribution is 2.26. The number of hydrogen-bond acceptors (Lipinski definition) is 5. The van der Waals surface area contributed by atoms with E-state index in [9.17, 15) is 4.79 Å². The van der Waals surface area contributed by atoms with Crippen molar-refractivity contribution in [2.75, 3.05) is 27.2 Å². The molecule has 1 saturated heterocycles. The molecular formula is C17H29IN4O2S. The number of nitrogens with zero attached hydrogens (tertiary/aromatic N) is 3. The van der Waals surface area contributed by atoms with Gasteiger partial charge in [-0.15, -0.1) is 35.3 Å². The van der Waals surface area contributed by atoms with Crippen molar-refractivity contribution in [2.24, 2.45) is 16.8 Å². The highest BCUT2D eigenvalue weighted by Gasteiger charge is 2.36. The van der Waals surface area contributed by atoms with Gasteiger partial charge in [0.15, 0.2) is 5.96 Å². The lowest BCUT2D eigenvalue weighted by atomic mass is 9.98. The Bertz CT molecular complexity index is 612. The minimum Gasteiger partial charge on any atom is -0.469 e. The van der Waals surface area contributed by atoms with E-state index in [1.165, 1.54) is 7.11 Å². The van der Waals surface area contributed by atoms with Crippen molar-refractivity contribution >= 4 is 47.2 Å². The molecule has 1 fully saturated rings. The van der Waals surface area contributed by atoms with E-state index >= 15 is 0 Å². The van der Waals surface area contributed by atoms with Crippen LogP contribution >= 0.6 is 35.3 Å². The van der Waals surface area contributed by atoms with Crippen molar-refractivity contribution in [1.82, 2.24) is 15.2 Å². The Morgan fingerprint density at radius 1 is 1.48 bits per heavy atom. The minimum absolute atomic E-state index is 0. The normalized spacial score (nSPS) is 21.0. The van der Waals surface area contributed by atoms with Gasteiger partial charge >= 0.3 is 5.97 Å². The maximum absolute atomic E-state index is 11.8. The standard InChI is InChI=1S/C17H28N4O2S.HI/c1-11-8-21(9-13(11)14(22)23-6)16(18-5)19-7-12-10-24-15(20-12)17(2,3)4;/h10-11,13H,7-9H2,1-6H3,(H,18,19);1H. The Kier molecular flexibility index (Phi) is 8.11. The third kappa shape index (κ3) is 5.54. The van der Waals surface area contributed by atoms with Crippen molar-refractivity contribution in [2.45, 2.75) is 39.7 Å². The Morgan fingerprint density at radius 2 is 2.16 bits per heavy atom. The molecular weight excluding hydrogens is 451 g/mol. The number of aromatic nitrogens is 1. The molecule has 0 aromatic carbocycles. The number of methoxy groups -OCH3 is 1. The fourth-order valence-electron chi connectivity index (χ4n) is 2.83. The van der Waals surface area contributed by atoms with E-state index < -0.39 is 0 Å². The summed E-state index contributed by atoms with van der Waals surface area (Å²) in [6, 6.07) is 0. The summed E-state index contributed by atoms with van der Waals surface area (Å²) in [6.07, 6.45) is 0. The molecule has 0 saturated carbocycles. The summed E-state index contributed by atoms with van der Waals surface area (Å²) in [6.45, 7) is 10.6. The number of rotatable bonds is 3. The van der Waals surface area contributed by atoms with Crippen LogP contribution in [0, 0.1) is 11.8 Å². The third-order valence-electron chi connectivity index (χ3n) is 4.25. The minimum atomic E-state index is -0.144. The van der Waals surface area contributed by atoms with E-state index in [1.54, 1.807) is 18.4 Å². The van der Waals surface area contributed by atoms with E-state index in [0.29, 0.717) is 13.1 Å². The SMILES string of the molecule is CN=C(NCc1csc(C(C)(C)C)n1)N1CC(C)C(C(=O)OC)C1.I. The van der Waals surface area contributed by atoms with Crippen LogP contribution in [-0.4, -0.2) is 49.1 Å². The number of carbonyl (C=O) groups is 1. The van der Waals surface area contributed by atoms with Gasteiger partial charge in [-0.3, -0.25) is 9.79 Å². The van der Waals surface area contributed by atoms with Gasteiger partial charge in [-0.25, -0.2) is 4.98 Å². The van der Waals surface area contributed by atoms with Crippen LogP contribution in [0.25, 0.3) is 0 Å². The van der Waals surface area contributed by atoms with Gasteiger partial charge in [0.1, 0.15) is 0 Å². The van der Waals surface area contributed by atoms with E-state index in [2.05, 4.69) is 48.3 Å². The molecule has 25 heavy (non-hydrogen) atoms.